The summed E-state index contributed by atoms with van der Waals surface area (Å²) in [6.45, 7) is 6.25. The second-order valence-corrected chi connectivity index (χ2v) is 10.3. The number of hydrogen-bond acceptors (Lipinski definition) is 6. The molecule has 33 heavy (non-hydrogen) atoms. The number of rotatable bonds is 22. The van der Waals surface area contributed by atoms with Crippen molar-refractivity contribution in [3.8, 4) is 0 Å². The van der Waals surface area contributed by atoms with Gasteiger partial charge in [-0.25, -0.2) is 0 Å². The van der Waals surface area contributed by atoms with Gasteiger partial charge in [0.2, 0.25) is 0 Å². The largest absolute Gasteiger partial charge is 0.462 e. The third-order valence-corrected chi connectivity index (χ3v) is 6.65. The Kier molecular flexibility index (Phi) is 22.4. The number of carbonyl (C=O) groups is 2. The van der Waals surface area contributed by atoms with Crippen LogP contribution in [-0.4, -0.2) is 78.3 Å². The van der Waals surface area contributed by atoms with E-state index >= 15 is 0 Å². The normalized spacial score (nSPS) is 11.4. The molecule has 0 fully saturated rings. The van der Waals surface area contributed by atoms with Crippen LogP contribution < -0.4 is 0 Å². The van der Waals surface area contributed by atoms with Crippen molar-refractivity contribution < 1.29 is 19.4 Å². The molecule has 0 radical (unpaired) electrons. The predicted molar refractivity (Wildman–Crippen MR) is 141 cm³/mol. The Morgan fingerprint density at radius 3 is 1.97 bits per heavy atom. The van der Waals surface area contributed by atoms with E-state index in [4.69, 9.17) is 4.74 Å². The molecule has 0 bridgehead atoms. The Labute approximate surface area is 208 Å². The topological polar surface area (TPSA) is 70.1 Å². The van der Waals surface area contributed by atoms with Crippen molar-refractivity contribution in [3.63, 3.8) is 0 Å². The van der Waals surface area contributed by atoms with Gasteiger partial charge in [0.25, 0.3) is 5.24 Å². The number of ether oxygens (including phenoxy) is 1. The first kappa shape index (κ1) is 32.2. The fraction of sp³-hybridized carbons (Fsp3) is 0.923. The summed E-state index contributed by atoms with van der Waals surface area (Å²) in [5, 5.41) is 9.30. The summed E-state index contributed by atoms with van der Waals surface area (Å²) < 4.78 is 5.84. The Balaban J connectivity index is 4.20. The number of hydrogen-bond donors (Lipinski definition) is 1. The third kappa shape index (κ3) is 20.3. The minimum atomic E-state index is -0.0754. The van der Waals surface area contributed by atoms with Crippen LogP contribution in [-0.2, 0) is 9.53 Å². The highest BCUT2D eigenvalue weighted by atomic mass is 32.2. The van der Waals surface area contributed by atoms with Crippen LogP contribution in [0.4, 0.5) is 4.79 Å². The maximum absolute atomic E-state index is 12.4. The second kappa shape index (κ2) is 23.0. The quantitative estimate of drug-likeness (QED) is 0.146. The van der Waals surface area contributed by atoms with E-state index in [9.17, 15) is 14.7 Å². The van der Waals surface area contributed by atoms with Gasteiger partial charge in [0.15, 0.2) is 0 Å². The van der Waals surface area contributed by atoms with Crippen LogP contribution >= 0.6 is 11.8 Å². The zero-order valence-electron chi connectivity index (χ0n) is 22.0. The Morgan fingerprint density at radius 2 is 1.42 bits per heavy atom. The van der Waals surface area contributed by atoms with Crippen molar-refractivity contribution >= 4 is 23.0 Å². The summed E-state index contributed by atoms with van der Waals surface area (Å²) in [4.78, 5) is 28.5. The average molecular weight is 489 g/mol. The number of aliphatic hydroxyl groups is 1. The molecule has 0 unspecified atom stereocenters. The van der Waals surface area contributed by atoms with Gasteiger partial charge in [0.05, 0.1) is 6.61 Å². The highest BCUT2D eigenvalue weighted by Crippen LogP contribution is 2.17. The lowest BCUT2D eigenvalue weighted by Gasteiger charge is -2.21. The highest BCUT2D eigenvalue weighted by molar-refractivity contribution is 8.13. The van der Waals surface area contributed by atoms with Gasteiger partial charge in [-0.2, -0.15) is 0 Å². The van der Waals surface area contributed by atoms with Gasteiger partial charge in [0, 0.05) is 31.8 Å². The minimum absolute atomic E-state index is 0.0236. The smallest absolute Gasteiger partial charge is 0.306 e. The van der Waals surface area contributed by atoms with Crippen LogP contribution in [0.3, 0.4) is 0 Å². The Bertz CT molecular complexity index is 465. The molecule has 0 heterocycles. The van der Waals surface area contributed by atoms with Gasteiger partial charge < -0.3 is 19.6 Å². The van der Waals surface area contributed by atoms with Crippen LogP contribution in [0.15, 0.2) is 0 Å². The maximum atomic E-state index is 12.4. The van der Waals surface area contributed by atoms with Crippen LogP contribution in [0.5, 0.6) is 0 Å². The van der Waals surface area contributed by atoms with Crippen molar-refractivity contribution in [3.05, 3.63) is 0 Å². The molecular weight excluding hydrogens is 436 g/mol. The summed E-state index contributed by atoms with van der Waals surface area (Å²) >= 11 is 1.31. The van der Waals surface area contributed by atoms with E-state index in [2.05, 4.69) is 18.7 Å². The zero-order chi connectivity index (χ0) is 24.7. The zero-order valence-corrected chi connectivity index (χ0v) is 22.8. The van der Waals surface area contributed by atoms with Gasteiger partial charge in [-0.3, -0.25) is 9.59 Å². The molecule has 0 aromatic rings. The summed E-state index contributed by atoms with van der Waals surface area (Å²) in [7, 11) is 3.98. The molecule has 0 rings (SSSR count). The number of thioether (sulfide) groups is 1. The molecule has 0 saturated heterocycles. The summed E-state index contributed by atoms with van der Waals surface area (Å²) in [6.07, 6.45) is 14.7. The second-order valence-electron chi connectivity index (χ2n) is 9.25. The van der Waals surface area contributed by atoms with E-state index in [0.29, 0.717) is 19.5 Å². The standard InChI is InChI=1S/C26H52N2O4S/c1-5-7-9-12-16-24(17-13-10-8-6-2)32-25(30)18-14-11-15-19-28(20-22-29)26(31)33-23-21-27(3)4/h24,29H,5-23H2,1-4H3. The van der Waals surface area contributed by atoms with Crippen molar-refractivity contribution in [2.24, 2.45) is 0 Å². The lowest BCUT2D eigenvalue weighted by molar-refractivity contribution is -0.150. The van der Waals surface area contributed by atoms with Crippen molar-refractivity contribution in [1.29, 1.82) is 0 Å². The van der Waals surface area contributed by atoms with Crippen LogP contribution in [0.25, 0.3) is 0 Å². The van der Waals surface area contributed by atoms with Crippen LogP contribution in [0.1, 0.15) is 104 Å². The number of aliphatic hydroxyl groups excluding tert-OH is 1. The Hall–Kier alpha value is -0.790. The first-order chi connectivity index (χ1) is 15.9. The van der Waals surface area contributed by atoms with E-state index in [1.54, 1.807) is 4.90 Å². The predicted octanol–water partition coefficient (Wildman–Crippen LogP) is 6.11. The molecule has 0 aliphatic heterocycles. The molecule has 1 N–H and O–H groups in total. The number of nitrogens with zero attached hydrogens (tertiary/aromatic N) is 2. The summed E-state index contributed by atoms with van der Waals surface area (Å²) in [5.74, 6) is 0.672. The van der Waals surface area contributed by atoms with Crippen molar-refractivity contribution in [2.75, 3.05) is 46.1 Å². The SMILES string of the molecule is CCCCCCC(CCCCCC)OC(=O)CCCCCN(CCO)C(=O)SCCN(C)C. The van der Waals surface area contributed by atoms with E-state index in [0.717, 1.165) is 57.2 Å². The molecule has 0 aromatic heterocycles. The first-order valence-corrected chi connectivity index (χ1v) is 14.3. The molecule has 0 aromatic carbocycles. The number of unbranched alkanes of at least 4 members (excludes halogenated alkanes) is 8. The molecule has 1 amide bonds. The van der Waals surface area contributed by atoms with E-state index in [-0.39, 0.29) is 23.9 Å². The number of amides is 1. The average Bonchev–Trinajstić information content (AvgIpc) is 2.78. The molecule has 0 saturated carbocycles. The Morgan fingerprint density at radius 1 is 0.818 bits per heavy atom. The molecule has 0 aliphatic rings. The van der Waals surface area contributed by atoms with Crippen molar-refractivity contribution in [1.82, 2.24) is 9.80 Å². The van der Waals surface area contributed by atoms with E-state index in [1.807, 2.05) is 14.1 Å². The van der Waals surface area contributed by atoms with Gasteiger partial charge in [-0.05, 0) is 52.6 Å². The van der Waals surface area contributed by atoms with Gasteiger partial charge >= 0.3 is 5.97 Å². The van der Waals surface area contributed by atoms with Gasteiger partial charge in [-0.15, -0.1) is 0 Å². The fourth-order valence-electron chi connectivity index (χ4n) is 3.68. The monoisotopic (exact) mass is 488 g/mol. The molecule has 196 valence electrons. The van der Waals surface area contributed by atoms with Crippen molar-refractivity contribution in [2.45, 2.75) is 110 Å². The minimum Gasteiger partial charge on any atom is -0.462 e. The highest BCUT2D eigenvalue weighted by Gasteiger charge is 2.15. The molecular formula is C26H52N2O4S. The molecule has 7 heteroatoms. The summed E-state index contributed by atoms with van der Waals surface area (Å²) in [6, 6.07) is 0. The molecule has 0 atom stereocenters. The first-order valence-electron chi connectivity index (χ1n) is 13.3. The van der Waals surface area contributed by atoms with Crippen LogP contribution in [0, 0.1) is 0 Å². The summed E-state index contributed by atoms with van der Waals surface area (Å²) in [5.41, 5.74) is 0. The number of carbonyl (C=O) groups excluding carboxylic acids is 2. The molecule has 0 aliphatic carbocycles. The maximum Gasteiger partial charge on any atom is 0.306 e. The molecule has 0 spiro atoms. The van der Waals surface area contributed by atoms with Gasteiger partial charge in [0.1, 0.15) is 6.10 Å². The molecule has 6 nitrogen and oxygen atoms in total. The van der Waals surface area contributed by atoms with Gasteiger partial charge in [-0.1, -0.05) is 70.6 Å². The van der Waals surface area contributed by atoms with Crippen LogP contribution in [0.2, 0.25) is 0 Å². The number of esters is 1. The lowest BCUT2D eigenvalue weighted by atomic mass is 10.0. The lowest BCUT2D eigenvalue weighted by Crippen LogP contribution is -2.32. The van der Waals surface area contributed by atoms with E-state index in [1.165, 1.54) is 50.3 Å². The fourth-order valence-corrected chi connectivity index (χ4v) is 4.67. The van der Waals surface area contributed by atoms with E-state index < -0.39 is 0 Å². The third-order valence-electron chi connectivity index (χ3n) is 5.76.